The number of rotatable bonds is 3. The minimum atomic E-state index is 0.678. The van der Waals surface area contributed by atoms with Gasteiger partial charge in [-0.1, -0.05) is 35.0 Å². The van der Waals surface area contributed by atoms with E-state index in [-0.39, 0.29) is 0 Å². The molecule has 0 amide bonds. The molecule has 0 aliphatic rings. The molecular formula is C11H12BrN3S. The Labute approximate surface area is 108 Å². The molecule has 0 spiro atoms. The fraction of sp³-hybridized carbons (Fsp3) is 0.273. The first-order valence-electron chi connectivity index (χ1n) is 5.09. The maximum Gasteiger partial charge on any atom is 0.195 e. The summed E-state index contributed by atoms with van der Waals surface area (Å²) in [5, 5.41) is 7.01. The fourth-order valence-corrected chi connectivity index (χ4v) is 2.26. The molecule has 0 atom stereocenters. The molecule has 1 heterocycles. The molecule has 2 aromatic rings. The average Bonchev–Trinajstić information content (AvgIpc) is 2.60. The first-order chi connectivity index (χ1) is 7.70. The third kappa shape index (κ3) is 2.41. The molecule has 16 heavy (non-hydrogen) atoms. The molecule has 0 saturated heterocycles. The molecule has 3 nitrogen and oxygen atoms in total. The molecule has 0 saturated carbocycles. The summed E-state index contributed by atoms with van der Waals surface area (Å²) in [6.45, 7) is 2.83. The van der Waals surface area contributed by atoms with Gasteiger partial charge in [0.25, 0.3) is 0 Å². The maximum absolute atomic E-state index is 5.20. The molecule has 0 radical (unpaired) electrons. The normalized spacial score (nSPS) is 10.6. The van der Waals surface area contributed by atoms with Crippen LogP contribution in [0.1, 0.15) is 18.3 Å². The van der Waals surface area contributed by atoms with Gasteiger partial charge >= 0.3 is 0 Å². The lowest BCUT2D eigenvalue weighted by Crippen LogP contribution is -2.04. The maximum atomic E-state index is 5.20. The zero-order valence-electron chi connectivity index (χ0n) is 8.90. The second-order valence-electron chi connectivity index (χ2n) is 3.51. The first-order valence-corrected chi connectivity index (χ1v) is 6.29. The van der Waals surface area contributed by atoms with E-state index >= 15 is 0 Å². The highest BCUT2D eigenvalue weighted by Gasteiger charge is 2.04. The van der Waals surface area contributed by atoms with Crippen LogP contribution in [0.3, 0.4) is 0 Å². The van der Waals surface area contributed by atoms with Crippen molar-refractivity contribution in [2.24, 2.45) is 0 Å². The summed E-state index contributed by atoms with van der Waals surface area (Å²) in [6.07, 6.45) is 0.876. The van der Waals surface area contributed by atoms with E-state index in [4.69, 9.17) is 12.2 Å². The van der Waals surface area contributed by atoms with Gasteiger partial charge in [-0.05, 0) is 29.9 Å². The highest BCUT2D eigenvalue weighted by molar-refractivity contribution is 9.10. The Morgan fingerprint density at radius 2 is 2.31 bits per heavy atom. The standard InChI is InChI=1S/C11H12BrN3S/c1-2-10-13-14-11(16)15(10)7-8-4-3-5-9(12)6-8/h3-6H,2,7H2,1H3,(H,14,16). The number of H-pyrrole nitrogens is 1. The Bertz CT molecular complexity index is 544. The van der Waals surface area contributed by atoms with Gasteiger partial charge in [-0.25, -0.2) is 0 Å². The molecule has 5 heteroatoms. The van der Waals surface area contributed by atoms with Crippen LogP contribution >= 0.6 is 28.1 Å². The fourth-order valence-electron chi connectivity index (χ4n) is 1.60. The number of aromatic amines is 1. The lowest BCUT2D eigenvalue weighted by Gasteiger charge is -2.05. The van der Waals surface area contributed by atoms with Crippen molar-refractivity contribution in [2.45, 2.75) is 19.9 Å². The molecule has 2 rings (SSSR count). The number of halogens is 1. The van der Waals surface area contributed by atoms with Crippen molar-refractivity contribution in [1.29, 1.82) is 0 Å². The molecule has 0 fully saturated rings. The van der Waals surface area contributed by atoms with Crippen LogP contribution in [0.15, 0.2) is 28.7 Å². The summed E-state index contributed by atoms with van der Waals surface area (Å²) < 4.78 is 3.78. The van der Waals surface area contributed by atoms with Gasteiger partial charge in [0.1, 0.15) is 5.82 Å². The molecule has 0 bridgehead atoms. The van der Waals surface area contributed by atoms with E-state index in [1.54, 1.807) is 0 Å². The van der Waals surface area contributed by atoms with Crippen molar-refractivity contribution in [3.8, 4) is 0 Å². The number of benzene rings is 1. The summed E-state index contributed by atoms with van der Waals surface area (Å²) in [7, 11) is 0. The minimum absolute atomic E-state index is 0.678. The first kappa shape index (κ1) is 11.5. The second kappa shape index (κ2) is 4.93. The number of aryl methyl sites for hydroxylation is 1. The summed E-state index contributed by atoms with van der Waals surface area (Å²) in [5.74, 6) is 0.991. The van der Waals surface area contributed by atoms with Crippen molar-refractivity contribution in [1.82, 2.24) is 14.8 Å². The number of aromatic nitrogens is 3. The average molecular weight is 298 g/mol. The highest BCUT2D eigenvalue weighted by Crippen LogP contribution is 2.13. The van der Waals surface area contributed by atoms with Gasteiger partial charge < -0.3 is 0 Å². The van der Waals surface area contributed by atoms with Crippen LogP contribution in [0, 0.1) is 4.77 Å². The van der Waals surface area contributed by atoms with Gasteiger partial charge in [0, 0.05) is 10.9 Å². The van der Waals surface area contributed by atoms with E-state index in [0.717, 1.165) is 23.3 Å². The van der Waals surface area contributed by atoms with Crippen molar-refractivity contribution >= 4 is 28.1 Å². The summed E-state index contributed by atoms with van der Waals surface area (Å²) in [4.78, 5) is 0. The predicted molar refractivity (Wildman–Crippen MR) is 70.0 cm³/mol. The third-order valence-electron chi connectivity index (χ3n) is 2.38. The molecule has 0 unspecified atom stereocenters. The smallest absolute Gasteiger partial charge is 0.195 e. The predicted octanol–water partition coefficient (Wildman–Crippen LogP) is 3.31. The van der Waals surface area contributed by atoms with Crippen LogP contribution in [0.2, 0.25) is 0 Å². The van der Waals surface area contributed by atoms with Crippen molar-refractivity contribution in [3.63, 3.8) is 0 Å². The molecular weight excluding hydrogens is 286 g/mol. The molecule has 1 N–H and O–H groups in total. The quantitative estimate of drug-likeness (QED) is 0.882. The van der Waals surface area contributed by atoms with Gasteiger partial charge in [-0.2, -0.15) is 5.10 Å². The number of hydrogen-bond acceptors (Lipinski definition) is 2. The van der Waals surface area contributed by atoms with Crippen molar-refractivity contribution in [2.75, 3.05) is 0 Å². The number of nitrogens with one attached hydrogen (secondary N) is 1. The Kier molecular flexibility index (Phi) is 3.56. The van der Waals surface area contributed by atoms with Gasteiger partial charge in [0.15, 0.2) is 4.77 Å². The summed E-state index contributed by atoms with van der Waals surface area (Å²) in [6, 6.07) is 8.21. The Hall–Kier alpha value is -0.940. The Morgan fingerprint density at radius 1 is 1.50 bits per heavy atom. The molecule has 1 aromatic heterocycles. The van der Waals surface area contributed by atoms with E-state index in [1.165, 1.54) is 5.56 Å². The van der Waals surface area contributed by atoms with Gasteiger partial charge in [-0.15, -0.1) is 0 Å². The molecule has 1 aromatic carbocycles. The zero-order chi connectivity index (χ0) is 11.5. The number of nitrogens with zero attached hydrogens (tertiary/aromatic N) is 2. The lowest BCUT2D eigenvalue weighted by atomic mass is 10.2. The molecule has 84 valence electrons. The van der Waals surface area contributed by atoms with Crippen molar-refractivity contribution in [3.05, 3.63) is 44.9 Å². The van der Waals surface area contributed by atoms with E-state index in [9.17, 15) is 0 Å². The third-order valence-corrected chi connectivity index (χ3v) is 3.19. The molecule has 0 aliphatic carbocycles. The van der Waals surface area contributed by atoms with Gasteiger partial charge in [0.2, 0.25) is 0 Å². The SMILES string of the molecule is CCc1n[nH]c(=S)n1Cc1cccc(Br)c1. The van der Waals surface area contributed by atoms with Crippen LogP contribution in [0.5, 0.6) is 0 Å². The van der Waals surface area contributed by atoms with Gasteiger partial charge in [-0.3, -0.25) is 9.67 Å². The van der Waals surface area contributed by atoms with Gasteiger partial charge in [0.05, 0.1) is 6.54 Å². The van der Waals surface area contributed by atoms with Crippen LogP contribution in [0.4, 0.5) is 0 Å². The Balaban J connectivity index is 2.33. The van der Waals surface area contributed by atoms with E-state index < -0.39 is 0 Å². The lowest BCUT2D eigenvalue weighted by molar-refractivity contribution is 0.724. The van der Waals surface area contributed by atoms with Crippen LogP contribution in [-0.2, 0) is 13.0 Å². The summed E-state index contributed by atoms with van der Waals surface area (Å²) >= 11 is 8.67. The topological polar surface area (TPSA) is 33.6 Å². The van der Waals surface area contributed by atoms with Crippen LogP contribution in [-0.4, -0.2) is 14.8 Å². The number of hydrogen-bond donors (Lipinski definition) is 1. The minimum Gasteiger partial charge on any atom is -0.300 e. The largest absolute Gasteiger partial charge is 0.300 e. The second-order valence-corrected chi connectivity index (χ2v) is 4.82. The summed E-state index contributed by atoms with van der Waals surface area (Å²) in [5.41, 5.74) is 1.21. The van der Waals surface area contributed by atoms with E-state index in [0.29, 0.717) is 4.77 Å². The van der Waals surface area contributed by atoms with E-state index in [1.807, 2.05) is 16.7 Å². The Morgan fingerprint density at radius 3 is 3.00 bits per heavy atom. The van der Waals surface area contributed by atoms with Crippen molar-refractivity contribution < 1.29 is 0 Å². The monoisotopic (exact) mass is 297 g/mol. The zero-order valence-corrected chi connectivity index (χ0v) is 11.3. The van der Waals surface area contributed by atoms with Crippen LogP contribution < -0.4 is 0 Å². The van der Waals surface area contributed by atoms with Crippen LogP contribution in [0.25, 0.3) is 0 Å². The highest BCUT2D eigenvalue weighted by atomic mass is 79.9. The molecule has 0 aliphatic heterocycles. The van der Waals surface area contributed by atoms with E-state index in [2.05, 4.69) is 45.2 Å².